The van der Waals surface area contributed by atoms with Crippen molar-refractivity contribution in [2.45, 2.75) is 38.5 Å². The molecule has 0 heterocycles. The van der Waals surface area contributed by atoms with E-state index in [1.807, 2.05) is 19.1 Å². The molecule has 0 spiro atoms. The number of hydrogen-bond acceptors (Lipinski definition) is 1. The quantitative estimate of drug-likeness (QED) is 0.695. The molecule has 13 heavy (non-hydrogen) atoms. The molecule has 1 aromatic rings. The van der Waals surface area contributed by atoms with E-state index in [4.69, 9.17) is 0 Å². The van der Waals surface area contributed by atoms with Gasteiger partial charge in [0.05, 0.1) is 0 Å². The van der Waals surface area contributed by atoms with Crippen LogP contribution in [0.25, 0.3) is 0 Å². The smallest absolute Gasteiger partial charge is 0.116 e. The maximum atomic E-state index is 9.45. The van der Waals surface area contributed by atoms with Crippen molar-refractivity contribution >= 4 is 0 Å². The van der Waals surface area contributed by atoms with Gasteiger partial charge in [0.2, 0.25) is 0 Å². The van der Waals surface area contributed by atoms with Crippen LogP contribution in [0.15, 0.2) is 18.2 Å². The van der Waals surface area contributed by atoms with Gasteiger partial charge in [-0.3, -0.25) is 0 Å². The van der Waals surface area contributed by atoms with Gasteiger partial charge in [-0.1, -0.05) is 18.9 Å². The fourth-order valence-electron chi connectivity index (χ4n) is 2.29. The molecule has 0 aromatic heterocycles. The summed E-state index contributed by atoms with van der Waals surface area (Å²) in [6.07, 6.45) is 5.28. The van der Waals surface area contributed by atoms with Crippen molar-refractivity contribution in [1.29, 1.82) is 0 Å². The first-order chi connectivity index (χ1) is 6.25. The lowest BCUT2D eigenvalue weighted by Crippen LogP contribution is -1.92. The van der Waals surface area contributed by atoms with Gasteiger partial charge in [-0.05, 0) is 48.9 Å². The van der Waals surface area contributed by atoms with Crippen molar-refractivity contribution in [3.63, 3.8) is 0 Å². The molecule has 0 amide bonds. The Bertz CT molecular complexity index is 278. The van der Waals surface area contributed by atoms with Crippen LogP contribution in [-0.4, -0.2) is 5.11 Å². The third-order valence-corrected chi connectivity index (χ3v) is 2.91. The van der Waals surface area contributed by atoms with Crippen LogP contribution in [0.3, 0.4) is 0 Å². The lowest BCUT2D eigenvalue weighted by Gasteiger charge is -2.10. The van der Waals surface area contributed by atoms with Crippen LogP contribution in [0.4, 0.5) is 0 Å². The molecule has 1 aliphatic rings. The molecule has 2 rings (SSSR count). The van der Waals surface area contributed by atoms with Crippen molar-refractivity contribution < 1.29 is 5.11 Å². The van der Waals surface area contributed by atoms with Crippen LogP contribution in [-0.2, 0) is 0 Å². The van der Waals surface area contributed by atoms with Gasteiger partial charge >= 0.3 is 0 Å². The lowest BCUT2D eigenvalue weighted by molar-refractivity contribution is 0.473. The highest BCUT2D eigenvalue weighted by atomic mass is 16.3. The molecule has 1 heteroatoms. The van der Waals surface area contributed by atoms with E-state index in [0.717, 1.165) is 0 Å². The molecular weight excluding hydrogens is 160 g/mol. The van der Waals surface area contributed by atoms with E-state index in [0.29, 0.717) is 11.7 Å². The minimum atomic E-state index is 0.418. The maximum absolute atomic E-state index is 9.45. The highest BCUT2D eigenvalue weighted by Crippen LogP contribution is 2.35. The minimum absolute atomic E-state index is 0.418. The number of benzene rings is 1. The maximum Gasteiger partial charge on any atom is 0.116 e. The van der Waals surface area contributed by atoms with Gasteiger partial charge in [-0.2, -0.15) is 0 Å². The van der Waals surface area contributed by atoms with Crippen molar-refractivity contribution in [3.8, 4) is 5.75 Å². The van der Waals surface area contributed by atoms with Crippen molar-refractivity contribution in [2.75, 3.05) is 0 Å². The zero-order valence-corrected chi connectivity index (χ0v) is 8.09. The van der Waals surface area contributed by atoms with Gasteiger partial charge in [0.1, 0.15) is 5.75 Å². The summed E-state index contributed by atoms with van der Waals surface area (Å²) in [4.78, 5) is 0. The zero-order valence-electron chi connectivity index (χ0n) is 8.09. The molecule has 0 unspecified atom stereocenters. The highest BCUT2D eigenvalue weighted by molar-refractivity contribution is 5.35. The van der Waals surface area contributed by atoms with Gasteiger partial charge in [0.15, 0.2) is 0 Å². The summed E-state index contributed by atoms with van der Waals surface area (Å²) in [6, 6.07) is 5.94. The van der Waals surface area contributed by atoms with Gasteiger partial charge in [-0.25, -0.2) is 0 Å². The van der Waals surface area contributed by atoms with E-state index >= 15 is 0 Å². The van der Waals surface area contributed by atoms with Gasteiger partial charge in [0, 0.05) is 0 Å². The predicted octanol–water partition coefficient (Wildman–Crippen LogP) is 3.36. The number of aromatic hydroxyl groups is 1. The first-order valence-electron chi connectivity index (χ1n) is 5.06. The summed E-state index contributed by atoms with van der Waals surface area (Å²) in [7, 11) is 0. The van der Waals surface area contributed by atoms with E-state index in [9.17, 15) is 5.11 Å². The number of phenolic OH excluding ortho intramolecular Hbond substituents is 1. The molecule has 70 valence electrons. The van der Waals surface area contributed by atoms with E-state index in [1.165, 1.54) is 36.8 Å². The minimum Gasteiger partial charge on any atom is -0.508 e. The Morgan fingerprint density at radius 2 is 1.85 bits per heavy atom. The Kier molecular flexibility index (Phi) is 2.26. The second kappa shape index (κ2) is 3.41. The molecule has 1 aromatic carbocycles. The fraction of sp³-hybridized carbons (Fsp3) is 0.500. The Balaban J connectivity index is 2.28. The number of rotatable bonds is 1. The lowest BCUT2D eigenvalue weighted by atomic mass is 9.96. The van der Waals surface area contributed by atoms with Gasteiger partial charge in [-0.15, -0.1) is 0 Å². The summed E-state index contributed by atoms with van der Waals surface area (Å²) in [5.41, 5.74) is 2.50. The Labute approximate surface area is 79.4 Å². The molecule has 1 nitrogen and oxygen atoms in total. The average Bonchev–Trinajstić information content (AvgIpc) is 2.53. The average molecular weight is 176 g/mol. The van der Waals surface area contributed by atoms with E-state index in [-0.39, 0.29) is 0 Å². The van der Waals surface area contributed by atoms with Crippen LogP contribution in [0, 0.1) is 6.92 Å². The number of phenols is 1. The van der Waals surface area contributed by atoms with E-state index < -0.39 is 0 Å². The normalized spacial score (nSPS) is 17.9. The van der Waals surface area contributed by atoms with Crippen LogP contribution in [0.2, 0.25) is 0 Å². The standard InChI is InChI=1S/C12H16O/c1-9-6-11(8-12(13)7-9)10-4-2-3-5-10/h6-8,10,13H,2-5H2,1H3. The number of hydrogen-bond donors (Lipinski definition) is 1. The van der Waals surface area contributed by atoms with Crippen LogP contribution in [0.5, 0.6) is 5.75 Å². The molecule has 0 radical (unpaired) electrons. The van der Waals surface area contributed by atoms with Crippen molar-refractivity contribution in [1.82, 2.24) is 0 Å². The Morgan fingerprint density at radius 3 is 2.46 bits per heavy atom. The second-order valence-electron chi connectivity index (χ2n) is 4.08. The Hall–Kier alpha value is -0.980. The van der Waals surface area contributed by atoms with Crippen LogP contribution < -0.4 is 0 Å². The summed E-state index contributed by atoms with van der Waals surface area (Å²) in [5, 5.41) is 9.45. The predicted molar refractivity (Wildman–Crippen MR) is 54.1 cm³/mol. The molecule has 0 saturated heterocycles. The third kappa shape index (κ3) is 1.85. The highest BCUT2D eigenvalue weighted by Gasteiger charge is 2.17. The largest absolute Gasteiger partial charge is 0.508 e. The summed E-state index contributed by atoms with van der Waals surface area (Å²) in [6.45, 7) is 2.04. The first kappa shape index (κ1) is 8.61. The third-order valence-electron chi connectivity index (χ3n) is 2.91. The first-order valence-corrected chi connectivity index (χ1v) is 5.06. The molecule has 0 bridgehead atoms. The van der Waals surface area contributed by atoms with Gasteiger partial charge < -0.3 is 5.11 Å². The van der Waals surface area contributed by atoms with Crippen LogP contribution in [0.1, 0.15) is 42.7 Å². The molecule has 0 aliphatic heterocycles. The molecule has 1 N–H and O–H groups in total. The molecule has 0 atom stereocenters. The second-order valence-corrected chi connectivity index (χ2v) is 4.08. The summed E-state index contributed by atoms with van der Waals surface area (Å²) in [5.74, 6) is 1.12. The monoisotopic (exact) mass is 176 g/mol. The topological polar surface area (TPSA) is 20.2 Å². The fourth-order valence-corrected chi connectivity index (χ4v) is 2.29. The van der Waals surface area contributed by atoms with E-state index in [1.54, 1.807) is 0 Å². The molecular formula is C12H16O. The molecule has 1 saturated carbocycles. The van der Waals surface area contributed by atoms with Crippen molar-refractivity contribution in [3.05, 3.63) is 29.3 Å². The summed E-state index contributed by atoms with van der Waals surface area (Å²) >= 11 is 0. The SMILES string of the molecule is Cc1cc(O)cc(C2CCCC2)c1. The molecule has 1 aliphatic carbocycles. The zero-order chi connectivity index (χ0) is 9.26. The van der Waals surface area contributed by atoms with Gasteiger partial charge in [0.25, 0.3) is 0 Å². The van der Waals surface area contributed by atoms with Crippen LogP contribution >= 0.6 is 0 Å². The summed E-state index contributed by atoms with van der Waals surface area (Å²) < 4.78 is 0. The van der Waals surface area contributed by atoms with Crippen molar-refractivity contribution in [2.24, 2.45) is 0 Å². The number of aryl methyl sites for hydroxylation is 1. The Morgan fingerprint density at radius 1 is 1.15 bits per heavy atom. The van der Waals surface area contributed by atoms with E-state index in [2.05, 4.69) is 6.07 Å². The molecule has 1 fully saturated rings.